The van der Waals surface area contributed by atoms with E-state index in [1.165, 1.54) is 6.39 Å². The van der Waals surface area contributed by atoms with Crippen molar-refractivity contribution >= 4 is 17.5 Å². The highest BCUT2D eigenvalue weighted by Crippen LogP contribution is 2.33. The highest BCUT2D eigenvalue weighted by molar-refractivity contribution is 5.76. The minimum Gasteiger partial charge on any atom is -0.444 e. The van der Waals surface area contributed by atoms with Crippen LogP contribution in [-0.4, -0.2) is 37.4 Å². The molecule has 1 aliphatic heterocycles. The van der Waals surface area contributed by atoms with Gasteiger partial charge >= 0.3 is 0 Å². The van der Waals surface area contributed by atoms with Crippen LogP contribution in [0.5, 0.6) is 0 Å². The highest BCUT2D eigenvalue weighted by atomic mass is 16.5. The molecular formula is C14H13N3O3. The maximum Gasteiger partial charge on any atom is 0.240 e. The van der Waals surface area contributed by atoms with E-state index in [9.17, 15) is 4.79 Å². The first-order valence-corrected chi connectivity index (χ1v) is 6.32. The zero-order valence-electron chi connectivity index (χ0n) is 10.8. The average molecular weight is 271 g/mol. The fourth-order valence-corrected chi connectivity index (χ4v) is 2.25. The fourth-order valence-electron chi connectivity index (χ4n) is 2.25. The van der Waals surface area contributed by atoms with E-state index in [4.69, 9.17) is 9.15 Å². The molecule has 1 aliphatic rings. The lowest BCUT2D eigenvalue weighted by atomic mass is 10.1. The number of ether oxygens (including phenoxy) is 1. The lowest BCUT2D eigenvalue weighted by Crippen LogP contribution is -2.36. The van der Waals surface area contributed by atoms with Gasteiger partial charge < -0.3 is 14.1 Å². The van der Waals surface area contributed by atoms with Crippen LogP contribution in [0.3, 0.4) is 0 Å². The number of oxazole rings is 1. The molecule has 2 aromatic rings. The van der Waals surface area contributed by atoms with Gasteiger partial charge in [0.2, 0.25) is 6.08 Å². The molecule has 0 amide bonds. The van der Waals surface area contributed by atoms with Crippen molar-refractivity contribution in [3.05, 3.63) is 30.8 Å². The third-order valence-electron chi connectivity index (χ3n) is 3.21. The van der Waals surface area contributed by atoms with Gasteiger partial charge in [0.25, 0.3) is 0 Å². The standard InChI is InChI=1S/C14H13N3O3/c18-9-16-12-7-11(14-8-15-10-20-14)1-2-13(12)17-3-5-19-6-4-17/h1-2,7-8,10H,3-6H2. The largest absolute Gasteiger partial charge is 0.444 e. The van der Waals surface area contributed by atoms with Gasteiger partial charge in [-0.15, -0.1) is 0 Å². The molecule has 1 fully saturated rings. The van der Waals surface area contributed by atoms with E-state index in [-0.39, 0.29) is 0 Å². The van der Waals surface area contributed by atoms with Gasteiger partial charge in [0, 0.05) is 18.7 Å². The minimum atomic E-state index is 0.579. The molecule has 0 atom stereocenters. The topological polar surface area (TPSA) is 67.9 Å². The second kappa shape index (κ2) is 5.69. The molecule has 0 bridgehead atoms. The van der Waals surface area contributed by atoms with Crippen LogP contribution in [0.4, 0.5) is 11.4 Å². The van der Waals surface area contributed by atoms with Crippen molar-refractivity contribution in [2.75, 3.05) is 31.2 Å². The molecule has 6 nitrogen and oxygen atoms in total. The van der Waals surface area contributed by atoms with Gasteiger partial charge in [-0.25, -0.2) is 9.78 Å². The summed E-state index contributed by atoms with van der Waals surface area (Å²) in [6, 6.07) is 5.66. The Labute approximate surface area is 115 Å². The molecule has 0 unspecified atom stereocenters. The third-order valence-corrected chi connectivity index (χ3v) is 3.21. The number of hydrogen-bond acceptors (Lipinski definition) is 6. The number of nitrogens with zero attached hydrogens (tertiary/aromatic N) is 3. The number of hydrogen-bond donors (Lipinski definition) is 0. The SMILES string of the molecule is O=C=Nc1cc(-c2cnco2)ccc1N1CCOCC1. The van der Waals surface area contributed by atoms with Crippen LogP contribution in [0.25, 0.3) is 11.3 Å². The first-order valence-electron chi connectivity index (χ1n) is 6.32. The number of isocyanates is 1. The lowest BCUT2D eigenvalue weighted by Gasteiger charge is -2.29. The van der Waals surface area contributed by atoms with E-state index in [2.05, 4.69) is 14.9 Å². The number of carbonyl (C=O) groups excluding carboxylic acids is 1. The van der Waals surface area contributed by atoms with Crippen LogP contribution in [-0.2, 0) is 9.53 Å². The van der Waals surface area contributed by atoms with E-state index >= 15 is 0 Å². The van der Waals surface area contributed by atoms with Crippen molar-refractivity contribution < 1.29 is 13.9 Å². The second-order valence-electron chi connectivity index (χ2n) is 4.37. The molecule has 0 saturated carbocycles. The summed E-state index contributed by atoms with van der Waals surface area (Å²) < 4.78 is 10.6. The van der Waals surface area contributed by atoms with E-state index in [0.29, 0.717) is 24.7 Å². The summed E-state index contributed by atoms with van der Waals surface area (Å²) >= 11 is 0. The molecule has 1 aromatic heterocycles. The third kappa shape index (κ3) is 2.47. The molecule has 102 valence electrons. The highest BCUT2D eigenvalue weighted by Gasteiger charge is 2.16. The molecule has 0 radical (unpaired) electrons. The molecule has 2 heterocycles. The van der Waals surface area contributed by atoms with Crippen molar-refractivity contribution in [2.45, 2.75) is 0 Å². The average Bonchev–Trinajstić information content (AvgIpc) is 3.03. The number of benzene rings is 1. The van der Waals surface area contributed by atoms with Gasteiger partial charge in [0.1, 0.15) is 5.69 Å². The number of rotatable bonds is 3. The summed E-state index contributed by atoms with van der Waals surface area (Å²) in [5.41, 5.74) is 2.31. The van der Waals surface area contributed by atoms with E-state index in [0.717, 1.165) is 24.3 Å². The van der Waals surface area contributed by atoms with Crippen molar-refractivity contribution in [3.8, 4) is 11.3 Å². The van der Waals surface area contributed by atoms with Crippen LogP contribution in [0.15, 0.2) is 40.2 Å². The van der Waals surface area contributed by atoms with Gasteiger partial charge in [-0.1, -0.05) is 0 Å². The van der Waals surface area contributed by atoms with Crippen molar-refractivity contribution in [3.63, 3.8) is 0 Å². The zero-order valence-corrected chi connectivity index (χ0v) is 10.8. The molecule has 3 rings (SSSR count). The molecule has 0 spiro atoms. The monoisotopic (exact) mass is 271 g/mol. The molecule has 6 heteroatoms. The maximum absolute atomic E-state index is 10.6. The number of morpholine rings is 1. The van der Waals surface area contributed by atoms with Crippen molar-refractivity contribution in [2.24, 2.45) is 4.99 Å². The minimum absolute atomic E-state index is 0.579. The molecule has 1 aromatic carbocycles. The predicted molar refractivity (Wildman–Crippen MR) is 72.8 cm³/mol. The summed E-state index contributed by atoms with van der Waals surface area (Å²) in [4.78, 5) is 20.5. The summed E-state index contributed by atoms with van der Waals surface area (Å²) in [7, 11) is 0. The first-order chi connectivity index (χ1) is 9.88. The Hall–Kier alpha value is -2.43. The summed E-state index contributed by atoms with van der Waals surface area (Å²) in [5, 5.41) is 0. The maximum atomic E-state index is 10.6. The van der Waals surface area contributed by atoms with E-state index in [1.807, 2.05) is 12.1 Å². The Morgan fingerprint density at radius 3 is 2.85 bits per heavy atom. The van der Waals surface area contributed by atoms with E-state index < -0.39 is 0 Å². The van der Waals surface area contributed by atoms with Gasteiger partial charge in [-0.05, 0) is 18.2 Å². The Morgan fingerprint density at radius 1 is 1.30 bits per heavy atom. The van der Waals surface area contributed by atoms with Crippen LogP contribution in [0.2, 0.25) is 0 Å². The second-order valence-corrected chi connectivity index (χ2v) is 4.37. The van der Waals surface area contributed by atoms with E-state index in [1.54, 1.807) is 18.3 Å². The molecule has 0 aliphatic carbocycles. The summed E-state index contributed by atoms with van der Waals surface area (Å²) in [6.45, 7) is 2.91. The molecule has 0 N–H and O–H groups in total. The van der Waals surface area contributed by atoms with Crippen LogP contribution in [0.1, 0.15) is 0 Å². The quantitative estimate of drug-likeness (QED) is 0.632. The number of aromatic nitrogens is 1. The number of anilines is 1. The molecule has 20 heavy (non-hydrogen) atoms. The summed E-state index contributed by atoms with van der Waals surface area (Å²) in [6.07, 6.45) is 4.60. The van der Waals surface area contributed by atoms with Gasteiger partial charge in [0.05, 0.1) is 25.1 Å². The zero-order chi connectivity index (χ0) is 13.8. The first kappa shape index (κ1) is 12.6. The smallest absolute Gasteiger partial charge is 0.240 e. The van der Waals surface area contributed by atoms with Crippen molar-refractivity contribution in [1.29, 1.82) is 0 Å². The lowest BCUT2D eigenvalue weighted by molar-refractivity contribution is 0.123. The van der Waals surface area contributed by atoms with Crippen LogP contribution >= 0.6 is 0 Å². The molecular weight excluding hydrogens is 258 g/mol. The Morgan fingerprint density at radius 2 is 2.15 bits per heavy atom. The Bertz CT molecular complexity index is 627. The predicted octanol–water partition coefficient (Wildman–Crippen LogP) is 2.15. The van der Waals surface area contributed by atoms with Crippen molar-refractivity contribution in [1.82, 2.24) is 4.98 Å². The Balaban J connectivity index is 1.99. The van der Waals surface area contributed by atoms with Crippen LogP contribution in [0, 0.1) is 0 Å². The normalized spacial score (nSPS) is 14.9. The fraction of sp³-hybridized carbons (Fsp3) is 0.286. The Kier molecular flexibility index (Phi) is 3.58. The number of aliphatic imine (C=N–C) groups is 1. The van der Waals surface area contributed by atoms with Gasteiger partial charge in [0.15, 0.2) is 12.2 Å². The van der Waals surface area contributed by atoms with Gasteiger partial charge in [-0.2, -0.15) is 4.99 Å². The van der Waals surface area contributed by atoms with Crippen LogP contribution < -0.4 is 4.90 Å². The molecule has 1 saturated heterocycles. The van der Waals surface area contributed by atoms with Gasteiger partial charge in [-0.3, -0.25) is 0 Å². The summed E-state index contributed by atoms with van der Waals surface area (Å²) in [5.74, 6) is 0.640.